The first-order chi connectivity index (χ1) is 14.0. The van der Waals surface area contributed by atoms with Crippen molar-refractivity contribution in [2.24, 2.45) is 5.92 Å². The maximum absolute atomic E-state index is 12.6. The number of aromatic nitrogens is 1. The van der Waals surface area contributed by atoms with Gasteiger partial charge in [-0.25, -0.2) is 9.78 Å². The first-order valence-corrected chi connectivity index (χ1v) is 9.69. The molecule has 2 amide bonds. The van der Waals surface area contributed by atoms with Crippen LogP contribution in [0.4, 0.5) is 5.69 Å². The molecule has 29 heavy (non-hydrogen) atoms. The van der Waals surface area contributed by atoms with E-state index in [1.165, 1.54) is 13.5 Å². The van der Waals surface area contributed by atoms with Gasteiger partial charge in [0.15, 0.2) is 6.39 Å². The molecule has 1 aliphatic carbocycles. The first kappa shape index (κ1) is 20.6. The van der Waals surface area contributed by atoms with Gasteiger partial charge in [-0.05, 0) is 43.5 Å². The predicted molar refractivity (Wildman–Crippen MR) is 105 cm³/mol. The molecule has 154 valence electrons. The molecule has 0 saturated heterocycles. The van der Waals surface area contributed by atoms with Crippen LogP contribution in [0.5, 0.6) is 0 Å². The molecule has 0 radical (unpaired) electrons. The average Bonchev–Trinajstić information content (AvgIpc) is 3.17. The van der Waals surface area contributed by atoms with E-state index in [-0.39, 0.29) is 24.1 Å². The molecule has 0 spiro atoms. The molecular weight excluding hydrogens is 374 g/mol. The number of amides is 2. The Hall–Kier alpha value is -3.16. The van der Waals surface area contributed by atoms with Crippen LogP contribution in [0, 0.1) is 12.8 Å². The lowest BCUT2D eigenvalue weighted by atomic mass is 9.88. The lowest BCUT2D eigenvalue weighted by Crippen LogP contribution is -2.25. The molecule has 8 nitrogen and oxygen atoms in total. The van der Waals surface area contributed by atoms with Gasteiger partial charge >= 0.3 is 5.97 Å². The number of ether oxygens (including phenoxy) is 1. The van der Waals surface area contributed by atoms with Gasteiger partial charge in [0.25, 0.3) is 5.91 Å². The molecule has 1 aromatic carbocycles. The zero-order valence-corrected chi connectivity index (χ0v) is 16.6. The van der Waals surface area contributed by atoms with E-state index in [0.717, 1.165) is 32.1 Å². The smallest absolute Gasteiger partial charge is 0.337 e. The number of esters is 1. The maximum Gasteiger partial charge on any atom is 0.337 e. The third kappa shape index (κ3) is 5.22. The predicted octanol–water partition coefficient (Wildman–Crippen LogP) is 3.22. The topological polar surface area (TPSA) is 111 Å². The molecule has 0 bridgehead atoms. The van der Waals surface area contributed by atoms with Crippen molar-refractivity contribution >= 4 is 23.5 Å². The molecule has 0 unspecified atom stereocenters. The van der Waals surface area contributed by atoms with Gasteiger partial charge in [0, 0.05) is 18.2 Å². The minimum atomic E-state index is -0.516. The van der Waals surface area contributed by atoms with Crippen molar-refractivity contribution in [1.29, 1.82) is 0 Å². The van der Waals surface area contributed by atoms with Crippen LogP contribution in [0.25, 0.3) is 0 Å². The van der Waals surface area contributed by atoms with Crippen molar-refractivity contribution in [3.8, 4) is 0 Å². The van der Waals surface area contributed by atoms with E-state index in [9.17, 15) is 14.4 Å². The summed E-state index contributed by atoms with van der Waals surface area (Å²) in [7, 11) is 1.30. The van der Waals surface area contributed by atoms with Gasteiger partial charge < -0.3 is 19.8 Å². The molecule has 1 heterocycles. The Bertz CT molecular complexity index is 899. The monoisotopic (exact) mass is 399 g/mol. The van der Waals surface area contributed by atoms with Gasteiger partial charge in [-0.15, -0.1) is 0 Å². The molecule has 8 heteroatoms. The Morgan fingerprint density at radius 3 is 2.59 bits per heavy atom. The number of anilines is 1. The summed E-state index contributed by atoms with van der Waals surface area (Å²) in [4.78, 5) is 40.7. The summed E-state index contributed by atoms with van der Waals surface area (Å²) in [6, 6.07) is 4.94. The lowest BCUT2D eigenvalue weighted by Gasteiger charge is -2.21. The van der Waals surface area contributed by atoms with Crippen LogP contribution < -0.4 is 10.6 Å². The number of oxazole rings is 1. The minimum Gasteiger partial charge on any atom is -0.465 e. The highest BCUT2D eigenvalue weighted by Gasteiger charge is 2.22. The van der Waals surface area contributed by atoms with Crippen molar-refractivity contribution in [3.63, 3.8) is 0 Å². The number of carbonyl (C=O) groups excluding carboxylic acids is 3. The van der Waals surface area contributed by atoms with Gasteiger partial charge in [-0.3, -0.25) is 9.59 Å². The number of rotatable bonds is 6. The highest BCUT2D eigenvalue weighted by atomic mass is 16.5. The fraction of sp³-hybridized carbons (Fsp3) is 0.429. The van der Waals surface area contributed by atoms with Crippen LogP contribution in [-0.2, 0) is 16.1 Å². The van der Waals surface area contributed by atoms with Gasteiger partial charge in [0.05, 0.1) is 18.4 Å². The standard InChI is InChI=1S/C21H25N3O5/c1-13-18(29-12-23-13)20(26)22-11-14-8-16(21(27)28-2)10-17(9-14)24-19(25)15-6-4-3-5-7-15/h8-10,12,15H,3-7,11H2,1-2H3,(H,22,26)(H,24,25). The van der Waals surface area contributed by atoms with Crippen molar-refractivity contribution in [3.05, 3.63) is 47.2 Å². The summed E-state index contributed by atoms with van der Waals surface area (Å²) in [5.41, 5.74) is 1.95. The third-order valence-corrected chi connectivity index (χ3v) is 5.06. The number of hydrogen-bond donors (Lipinski definition) is 2. The summed E-state index contributed by atoms with van der Waals surface area (Å²) < 4.78 is 9.89. The number of methoxy groups -OCH3 is 1. The van der Waals surface area contributed by atoms with E-state index >= 15 is 0 Å². The SMILES string of the molecule is COC(=O)c1cc(CNC(=O)c2ocnc2C)cc(NC(=O)C2CCCCC2)c1. The average molecular weight is 399 g/mol. The van der Waals surface area contributed by atoms with Crippen LogP contribution in [0.2, 0.25) is 0 Å². The zero-order chi connectivity index (χ0) is 20.8. The lowest BCUT2D eigenvalue weighted by molar-refractivity contribution is -0.120. The molecule has 3 rings (SSSR count). The third-order valence-electron chi connectivity index (χ3n) is 5.06. The summed E-state index contributed by atoms with van der Waals surface area (Å²) >= 11 is 0. The molecular formula is C21H25N3O5. The van der Waals surface area contributed by atoms with Crippen molar-refractivity contribution in [2.45, 2.75) is 45.6 Å². The molecule has 1 aliphatic rings. The van der Waals surface area contributed by atoms with Crippen molar-refractivity contribution in [2.75, 3.05) is 12.4 Å². The number of nitrogens with zero attached hydrogens (tertiary/aromatic N) is 1. The van der Waals surface area contributed by atoms with Gasteiger partial charge in [0.1, 0.15) is 0 Å². The molecule has 1 fully saturated rings. The Kier molecular flexibility index (Phi) is 6.64. The van der Waals surface area contributed by atoms with Crippen LogP contribution in [0.15, 0.2) is 29.0 Å². The minimum absolute atomic E-state index is 0.0110. The van der Waals surface area contributed by atoms with E-state index < -0.39 is 11.9 Å². The first-order valence-electron chi connectivity index (χ1n) is 9.69. The quantitative estimate of drug-likeness (QED) is 0.722. The van der Waals surface area contributed by atoms with Gasteiger partial charge in [-0.1, -0.05) is 19.3 Å². The van der Waals surface area contributed by atoms with Crippen LogP contribution in [0.1, 0.15) is 64.3 Å². The van der Waals surface area contributed by atoms with Crippen LogP contribution >= 0.6 is 0 Å². The summed E-state index contributed by atoms with van der Waals surface area (Å²) in [6.45, 7) is 1.82. The maximum atomic E-state index is 12.6. The van der Waals surface area contributed by atoms with E-state index in [0.29, 0.717) is 22.5 Å². The fourth-order valence-electron chi connectivity index (χ4n) is 3.49. The summed E-state index contributed by atoms with van der Waals surface area (Å²) in [5, 5.41) is 5.64. The Labute approximate surface area is 169 Å². The number of benzene rings is 1. The number of nitrogens with one attached hydrogen (secondary N) is 2. The Morgan fingerprint density at radius 2 is 1.93 bits per heavy atom. The fourth-order valence-corrected chi connectivity index (χ4v) is 3.49. The molecule has 2 N–H and O–H groups in total. The van der Waals surface area contributed by atoms with E-state index in [4.69, 9.17) is 9.15 Å². The molecule has 1 saturated carbocycles. The van der Waals surface area contributed by atoms with Gasteiger partial charge in [-0.2, -0.15) is 0 Å². The number of carbonyl (C=O) groups is 3. The van der Waals surface area contributed by atoms with E-state index in [1.54, 1.807) is 25.1 Å². The number of aryl methyl sites for hydroxylation is 1. The summed E-state index contributed by atoms with van der Waals surface area (Å²) in [5.74, 6) is -0.837. The van der Waals surface area contributed by atoms with Crippen molar-refractivity contribution < 1.29 is 23.5 Å². The molecule has 2 aromatic rings. The Morgan fingerprint density at radius 1 is 1.17 bits per heavy atom. The Balaban J connectivity index is 1.74. The van der Waals surface area contributed by atoms with Crippen LogP contribution in [-0.4, -0.2) is 29.9 Å². The molecule has 0 atom stereocenters. The van der Waals surface area contributed by atoms with E-state index in [2.05, 4.69) is 15.6 Å². The number of hydrogen-bond acceptors (Lipinski definition) is 6. The van der Waals surface area contributed by atoms with Gasteiger partial charge in [0.2, 0.25) is 11.7 Å². The van der Waals surface area contributed by atoms with Crippen LogP contribution in [0.3, 0.4) is 0 Å². The van der Waals surface area contributed by atoms with Crippen molar-refractivity contribution in [1.82, 2.24) is 10.3 Å². The molecule has 1 aromatic heterocycles. The normalized spacial score (nSPS) is 14.3. The largest absolute Gasteiger partial charge is 0.465 e. The second-order valence-electron chi connectivity index (χ2n) is 7.18. The molecule has 0 aliphatic heterocycles. The second-order valence-corrected chi connectivity index (χ2v) is 7.18. The van der Waals surface area contributed by atoms with E-state index in [1.807, 2.05) is 0 Å². The second kappa shape index (κ2) is 9.36. The zero-order valence-electron chi connectivity index (χ0n) is 16.6. The highest BCUT2D eigenvalue weighted by molar-refractivity contribution is 5.96. The summed E-state index contributed by atoms with van der Waals surface area (Å²) in [6.07, 6.45) is 6.23. The highest BCUT2D eigenvalue weighted by Crippen LogP contribution is 2.25.